The largest absolute Gasteiger partial charge is 0.310 e. The fourth-order valence-electron chi connectivity index (χ4n) is 11.4. The zero-order valence-corrected chi connectivity index (χ0v) is 39.1. The molecule has 0 atom stereocenters. The van der Waals surface area contributed by atoms with E-state index in [9.17, 15) is 0 Å². The molecule has 0 fully saturated rings. The molecule has 0 radical (unpaired) electrons. The molecule has 11 rings (SSSR count). The molecule has 316 valence electrons. The summed E-state index contributed by atoms with van der Waals surface area (Å²) in [5, 5.41) is 0. The summed E-state index contributed by atoms with van der Waals surface area (Å²) in [5.74, 6) is -0.685. The molecule has 0 N–H and O–H groups in total. The van der Waals surface area contributed by atoms with Crippen molar-refractivity contribution < 1.29 is 1.37 Å². The third-order valence-electron chi connectivity index (χ3n) is 14.9. The lowest BCUT2D eigenvalue weighted by atomic mass is 9.68. The van der Waals surface area contributed by atoms with Gasteiger partial charge < -0.3 is 4.90 Å². The molecule has 0 aliphatic heterocycles. The van der Waals surface area contributed by atoms with Gasteiger partial charge >= 0.3 is 0 Å². The first kappa shape index (κ1) is 39.2. The Morgan fingerprint density at radius 1 is 0.422 bits per heavy atom. The van der Waals surface area contributed by atoms with E-state index in [2.05, 4.69) is 230 Å². The maximum atomic E-state index is 8.77. The first-order valence-corrected chi connectivity index (χ1v) is 23.2. The second kappa shape index (κ2) is 14.0. The Kier molecular flexibility index (Phi) is 8.59. The summed E-state index contributed by atoms with van der Waals surface area (Å²) in [7, 11) is 0. The molecule has 8 aromatic rings. The van der Waals surface area contributed by atoms with Crippen molar-refractivity contribution in [3.8, 4) is 44.5 Å². The Labute approximate surface area is 382 Å². The molecular formula is C63H59N. The van der Waals surface area contributed by atoms with Gasteiger partial charge in [-0.05, 0) is 136 Å². The molecular weight excluding hydrogens is 771 g/mol. The average Bonchev–Trinajstić information content (AvgIpc) is 3.83. The van der Waals surface area contributed by atoms with Crippen LogP contribution in [0.2, 0.25) is 0 Å². The Morgan fingerprint density at radius 3 is 1.47 bits per heavy atom. The van der Waals surface area contributed by atoms with E-state index in [-0.39, 0.29) is 16.2 Å². The highest BCUT2D eigenvalue weighted by Crippen LogP contribution is 2.64. The van der Waals surface area contributed by atoms with Crippen molar-refractivity contribution in [2.75, 3.05) is 4.90 Å². The third-order valence-corrected chi connectivity index (χ3v) is 14.9. The molecule has 0 aromatic heterocycles. The highest BCUT2D eigenvalue weighted by atomic mass is 15.1. The molecule has 1 nitrogen and oxygen atoms in total. The van der Waals surface area contributed by atoms with Gasteiger partial charge in [-0.1, -0.05) is 209 Å². The maximum absolute atomic E-state index is 8.77. The van der Waals surface area contributed by atoms with Crippen LogP contribution < -0.4 is 4.90 Å². The van der Waals surface area contributed by atoms with Crippen LogP contribution >= 0.6 is 0 Å². The predicted octanol–water partition coefficient (Wildman–Crippen LogP) is 17.2. The van der Waals surface area contributed by atoms with Gasteiger partial charge in [-0.15, -0.1) is 0 Å². The second-order valence-corrected chi connectivity index (χ2v) is 21.4. The van der Waals surface area contributed by atoms with Gasteiger partial charge in [0.1, 0.15) is 0 Å². The zero-order valence-electron chi connectivity index (χ0n) is 40.1. The number of hydrogen-bond acceptors (Lipinski definition) is 1. The molecule has 3 aliphatic carbocycles. The first-order chi connectivity index (χ1) is 30.9. The van der Waals surface area contributed by atoms with E-state index in [1.807, 2.05) is 13.8 Å². The van der Waals surface area contributed by atoms with Crippen molar-refractivity contribution >= 4 is 17.1 Å². The molecule has 0 bridgehead atoms. The maximum Gasteiger partial charge on any atom is 0.0726 e. The van der Waals surface area contributed by atoms with Gasteiger partial charge in [-0.25, -0.2) is 0 Å². The molecule has 64 heavy (non-hydrogen) atoms. The normalized spacial score (nSPS) is 15.2. The highest BCUT2D eigenvalue weighted by Gasteiger charge is 2.52. The van der Waals surface area contributed by atoms with Gasteiger partial charge in [0, 0.05) is 23.7 Å². The minimum absolute atomic E-state index is 0.0275. The standard InChI is InChI=1S/C63H59N/c1-39(2)40-23-25-41(26-24-40)46-17-13-16-22-59(46)64(44-30-34-54-52(37-44)48-19-11-14-20-53(48)62(54,9)10)45-29-33-51-47-18-12-15-21-55(47)63(58(51)38-45)56-35-42(60(3,4)5)27-31-49(56)50-32-28-43(36-57(50)63)61(6,7)8/h11-39H,1-10H3/i39D. The van der Waals surface area contributed by atoms with Crippen LogP contribution in [0, 0.1) is 0 Å². The zero-order chi connectivity index (χ0) is 45.4. The van der Waals surface area contributed by atoms with E-state index in [4.69, 9.17) is 1.37 Å². The van der Waals surface area contributed by atoms with Gasteiger partial charge in [-0.2, -0.15) is 0 Å². The van der Waals surface area contributed by atoms with E-state index in [0.717, 1.165) is 33.8 Å². The molecule has 1 heteroatoms. The molecule has 8 aromatic carbocycles. The molecule has 1 spiro atoms. The van der Waals surface area contributed by atoms with Crippen LogP contribution in [0.3, 0.4) is 0 Å². The van der Waals surface area contributed by atoms with Crippen molar-refractivity contribution in [2.45, 2.75) is 96.8 Å². The molecule has 0 saturated heterocycles. The lowest BCUT2D eigenvalue weighted by molar-refractivity contribution is 0.586. The average molecular weight is 831 g/mol. The van der Waals surface area contributed by atoms with Gasteiger partial charge in [0.05, 0.1) is 11.1 Å². The number of anilines is 3. The third kappa shape index (κ3) is 5.82. The minimum Gasteiger partial charge on any atom is -0.310 e. The molecule has 0 saturated carbocycles. The topological polar surface area (TPSA) is 3.24 Å². The number of rotatable bonds is 5. The van der Waals surface area contributed by atoms with Crippen LogP contribution in [0.15, 0.2) is 170 Å². The Balaban J connectivity index is 1.21. The second-order valence-electron chi connectivity index (χ2n) is 21.4. The van der Waals surface area contributed by atoms with Gasteiger partial charge in [0.25, 0.3) is 0 Å². The number of fused-ring (bicyclic) bond motifs is 13. The van der Waals surface area contributed by atoms with Crippen molar-refractivity contribution in [1.29, 1.82) is 0 Å². The summed E-state index contributed by atoms with van der Waals surface area (Å²) < 4.78 is 8.77. The van der Waals surface area contributed by atoms with E-state index < -0.39 is 11.3 Å². The Morgan fingerprint density at radius 2 is 0.875 bits per heavy atom. The van der Waals surface area contributed by atoms with Crippen LogP contribution in [-0.4, -0.2) is 0 Å². The van der Waals surface area contributed by atoms with Gasteiger partial charge in [-0.3, -0.25) is 0 Å². The summed E-state index contributed by atoms with van der Waals surface area (Å²) >= 11 is 0. The predicted molar refractivity (Wildman–Crippen MR) is 272 cm³/mol. The van der Waals surface area contributed by atoms with E-state index in [1.54, 1.807) is 0 Å². The smallest absolute Gasteiger partial charge is 0.0726 e. The summed E-state index contributed by atoms with van der Waals surface area (Å²) in [6.45, 7) is 22.6. The summed E-state index contributed by atoms with van der Waals surface area (Å²) in [5.41, 5.74) is 24.6. The van der Waals surface area contributed by atoms with E-state index in [0.29, 0.717) is 0 Å². The van der Waals surface area contributed by atoms with Crippen LogP contribution in [0.5, 0.6) is 0 Å². The first-order valence-electron chi connectivity index (χ1n) is 23.7. The molecule has 0 heterocycles. The minimum atomic E-state index is -0.685. The molecule has 3 aliphatic rings. The van der Waals surface area contributed by atoms with Crippen LogP contribution in [0.25, 0.3) is 44.5 Å². The van der Waals surface area contributed by atoms with Crippen LogP contribution in [0.1, 0.15) is 127 Å². The lowest BCUT2D eigenvalue weighted by Gasteiger charge is -2.34. The number of hydrogen-bond donors (Lipinski definition) is 0. The number of para-hydroxylation sites is 1. The van der Waals surface area contributed by atoms with E-state index >= 15 is 0 Å². The van der Waals surface area contributed by atoms with Crippen molar-refractivity contribution in [3.05, 3.63) is 220 Å². The monoisotopic (exact) mass is 830 g/mol. The quantitative estimate of drug-likeness (QED) is 0.167. The summed E-state index contributed by atoms with van der Waals surface area (Å²) in [6.07, 6.45) is 0. The number of nitrogens with zero attached hydrogens (tertiary/aromatic N) is 1. The van der Waals surface area contributed by atoms with Crippen molar-refractivity contribution in [2.24, 2.45) is 0 Å². The fraction of sp³-hybridized carbons (Fsp3) is 0.238. The van der Waals surface area contributed by atoms with Crippen LogP contribution in [-0.2, 0) is 21.7 Å². The Hall–Kier alpha value is -6.44. The van der Waals surface area contributed by atoms with Crippen molar-refractivity contribution in [3.63, 3.8) is 0 Å². The summed E-state index contributed by atoms with van der Waals surface area (Å²) in [6, 6.07) is 64.7. The van der Waals surface area contributed by atoms with Crippen molar-refractivity contribution in [1.82, 2.24) is 0 Å². The SMILES string of the molecule is [2H]C(C)(C)c1ccc(-c2ccccc2N(c2ccc3c(c2)-c2ccccc2C3(C)C)c2ccc3c(c2)C2(c4ccccc4-3)c3cc(C(C)(C)C)ccc3-c3ccc(C(C)(C)C)cc32)cc1. The Bertz CT molecular complexity index is 3170. The molecule has 0 unspecified atom stereocenters. The highest BCUT2D eigenvalue weighted by molar-refractivity contribution is 5.98. The van der Waals surface area contributed by atoms with E-state index in [1.165, 1.54) is 77.9 Å². The lowest BCUT2D eigenvalue weighted by Crippen LogP contribution is -2.27. The number of benzene rings is 8. The van der Waals surface area contributed by atoms with Crippen LogP contribution in [0.4, 0.5) is 17.1 Å². The van der Waals surface area contributed by atoms with Gasteiger partial charge in [0.15, 0.2) is 0 Å². The molecule has 0 amide bonds. The summed E-state index contributed by atoms with van der Waals surface area (Å²) in [4.78, 5) is 2.51. The fourth-order valence-corrected chi connectivity index (χ4v) is 11.4. The van der Waals surface area contributed by atoms with Gasteiger partial charge in [0.2, 0.25) is 0 Å².